The van der Waals surface area contributed by atoms with Gasteiger partial charge < -0.3 is 10.1 Å². The van der Waals surface area contributed by atoms with Crippen LogP contribution >= 0.6 is 11.6 Å². The van der Waals surface area contributed by atoms with Gasteiger partial charge in [0.25, 0.3) is 0 Å². The monoisotopic (exact) mass is 463 g/mol. The van der Waals surface area contributed by atoms with Gasteiger partial charge in [0.2, 0.25) is 10.0 Å². The second kappa shape index (κ2) is 8.61. The smallest absolute Gasteiger partial charge is 0.240 e. The van der Waals surface area contributed by atoms with E-state index in [4.69, 9.17) is 21.3 Å². The Morgan fingerprint density at radius 3 is 2.71 bits per heavy atom. The molecular weight excluding hydrogens is 441 g/mol. The third-order valence-electron chi connectivity index (χ3n) is 5.58. The van der Waals surface area contributed by atoms with Crippen LogP contribution in [0.3, 0.4) is 0 Å². The molecule has 0 saturated carbocycles. The molecule has 1 heterocycles. The number of aromatic nitrogens is 1. The van der Waals surface area contributed by atoms with Gasteiger partial charge >= 0.3 is 0 Å². The minimum Gasteiger partial charge on any atom is -0.497 e. The van der Waals surface area contributed by atoms with Crippen LogP contribution in [0.25, 0.3) is 10.9 Å². The molecule has 2 aromatic carbocycles. The summed E-state index contributed by atoms with van der Waals surface area (Å²) in [6.07, 6.45) is 3.93. The first-order valence-electron chi connectivity index (χ1n) is 9.99. The lowest BCUT2D eigenvalue weighted by molar-refractivity contribution is 0.415. The van der Waals surface area contributed by atoms with E-state index in [0.717, 1.165) is 59.6 Å². The first-order valence-corrected chi connectivity index (χ1v) is 11.8. The fourth-order valence-electron chi connectivity index (χ4n) is 3.94. The van der Waals surface area contributed by atoms with Crippen LogP contribution in [-0.4, -0.2) is 27.6 Å². The fraction of sp³-hybridized carbons (Fsp3) is 0.318. The first kappa shape index (κ1) is 21.8. The fourth-order valence-corrected chi connectivity index (χ4v) is 4.90. The summed E-state index contributed by atoms with van der Waals surface area (Å²) >= 11 is 6.17. The Hall–Kier alpha value is -2.42. The molecule has 0 atom stereocenters. The van der Waals surface area contributed by atoms with Gasteiger partial charge in [-0.25, -0.2) is 17.5 Å². The van der Waals surface area contributed by atoms with Crippen LogP contribution in [0.1, 0.15) is 29.7 Å². The van der Waals surface area contributed by atoms with Crippen LogP contribution in [0.4, 0.5) is 10.1 Å². The van der Waals surface area contributed by atoms with Crippen molar-refractivity contribution in [3.63, 3.8) is 0 Å². The summed E-state index contributed by atoms with van der Waals surface area (Å²) < 4.78 is 46.3. The molecule has 0 radical (unpaired) electrons. The van der Waals surface area contributed by atoms with E-state index in [1.54, 1.807) is 7.11 Å². The number of nitrogens with zero attached hydrogens (tertiary/aromatic N) is 1. The lowest BCUT2D eigenvalue weighted by Gasteiger charge is -2.22. The third kappa shape index (κ3) is 4.20. The number of rotatable bonds is 6. The predicted molar refractivity (Wildman–Crippen MR) is 120 cm³/mol. The van der Waals surface area contributed by atoms with Crippen molar-refractivity contribution in [2.45, 2.75) is 37.1 Å². The van der Waals surface area contributed by atoms with Crippen LogP contribution in [-0.2, 0) is 29.4 Å². The summed E-state index contributed by atoms with van der Waals surface area (Å²) in [6, 6.07) is 8.02. The van der Waals surface area contributed by atoms with Gasteiger partial charge in [0.15, 0.2) is 0 Å². The van der Waals surface area contributed by atoms with Crippen LogP contribution < -0.4 is 14.8 Å². The highest BCUT2D eigenvalue weighted by Crippen LogP contribution is 2.36. The minimum absolute atomic E-state index is 0.104. The Bertz CT molecular complexity index is 1260. The molecule has 0 fully saturated rings. The maximum absolute atomic E-state index is 14.4. The maximum atomic E-state index is 14.4. The van der Waals surface area contributed by atoms with E-state index in [0.29, 0.717) is 11.3 Å². The molecule has 0 saturated heterocycles. The number of halogens is 2. The Balaban J connectivity index is 1.79. The Morgan fingerprint density at radius 2 is 1.97 bits per heavy atom. The van der Waals surface area contributed by atoms with Gasteiger partial charge in [-0.15, -0.1) is 0 Å². The van der Waals surface area contributed by atoms with Crippen LogP contribution in [0.2, 0.25) is 5.02 Å². The number of aryl methyl sites for hydroxylation is 1. The van der Waals surface area contributed by atoms with Crippen molar-refractivity contribution in [3.8, 4) is 5.75 Å². The van der Waals surface area contributed by atoms with Gasteiger partial charge in [0.1, 0.15) is 11.6 Å². The van der Waals surface area contributed by atoms with Crippen molar-refractivity contribution in [3.05, 3.63) is 58.0 Å². The molecule has 4 rings (SSSR count). The van der Waals surface area contributed by atoms with Gasteiger partial charge in [0.05, 0.1) is 22.5 Å². The zero-order valence-corrected chi connectivity index (χ0v) is 18.8. The lowest BCUT2D eigenvalue weighted by atomic mass is 9.92. The number of benzene rings is 2. The van der Waals surface area contributed by atoms with Crippen molar-refractivity contribution < 1.29 is 17.5 Å². The van der Waals surface area contributed by atoms with Gasteiger partial charge in [-0.3, -0.25) is 4.98 Å². The molecule has 2 N–H and O–H groups in total. The number of ether oxygens (including phenoxy) is 1. The molecule has 0 bridgehead atoms. The zero-order valence-electron chi connectivity index (χ0n) is 17.3. The number of hydrogen-bond donors (Lipinski definition) is 2. The quantitative estimate of drug-likeness (QED) is 0.565. The highest BCUT2D eigenvalue weighted by atomic mass is 35.5. The van der Waals surface area contributed by atoms with Gasteiger partial charge in [-0.1, -0.05) is 11.6 Å². The molecule has 9 heteroatoms. The molecule has 1 aromatic heterocycles. The highest BCUT2D eigenvalue weighted by Gasteiger charge is 2.21. The number of pyridine rings is 1. The van der Waals surface area contributed by atoms with Crippen LogP contribution in [0.5, 0.6) is 5.75 Å². The third-order valence-corrected chi connectivity index (χ3v) is 7.40. The van der Waals surface area contributed by atoms with Gasteiger partial charge in [-0.2, -0.15) is 0 Å². The summed E-state index contributed by atoms with van der Waals surface area (Å²) in [5.41, 5.74) is 4.27. The summed E-state index contributed by atoms with van der Waals surface area (Å²) in [4.78, 5) is 4.66. The Morgan fingerprint density at radius 1 is 1.19 bits per heavy atom. The normalized spacial score (nSPS) is 13.8. The number of fused-ring (bicyclic) bond motifs is 2. The molecule has 1 aliphatic carbocycles. The molecular formula is C22H23ClFN3O3S. The number of methoxy groups -OCH3 is 1. The molecule has 0 spiro atoms. The number of nitrogens with one attached hydrogen (secondary N) is 2. The summed E-state index contributed by atoms with van der Waals surface area (Å²) in [5, 5.41) is 4.18. The zero-order chi connectivity index (χ0) is 22.2. The number of sulfonamides is 1. The molecule has 164 valence electrons. The van der Waals surface area contributed by atoms with E-state index < -0.39 is 15.8 Å². The average Bonchev–Trinajstić information content (AvgIpc) is 2.78. The second-order valence-electron chi connectivity index (χ2n) is 7.44. The number of hydrogen-bond acceptors (Lipinski definition) is 5. The molecule has 0 unspecified atom stereocenters. The topological polar surface area (TPSA) is 80.3 Å². The Labute approximate surface area is 185 Å². The largest absolute Gasteiger partial charge is 0.497 e. The summed E-state index contributed by atoms with van der Waals surface area (Å²) in [5.74, 6) is -0.0719. The van der Waals surface area contributed by atoms with E-state index in [1.165, 1.54) is 13.1 Å². The average molecular weight is 464 g/mol. The molecule has 3 aromatic rings. The summed E-state index contributed by atoms with van der Waals surface area (Å²) in [6.45, 7) is 0.158. The van der Waals surface area contributed by atoms with E-state index >= 15 is 0 Å². The second-order valence-corrected chi connectivity index (χ2v) is 9.71. The summed E-state index contributed by atoms with van der Waals surface area (Å²) in [7, 11) is -0.916. The molecule has 6 nitrogen and oxygen atoms in total. The van der Waals surface area contributed by atoms with Crippen molar-refractivity contribution in [2.75, 3.05) is 19.5 Å². The molecule has 0 amide bonds. The van der Waals surface area contributed by atoms with Crippen molar-refractivity contribution in [1.29, 1.82) is 0 Å². The van der Waals surface area contributed by atoms with Crippen molar-refractivity contribution in [1.82, 2.24) is 9.71 Å². The van der Waals surface area contributed by atoms with Gasteiger partial charge in [-0.05, 0) is 74.2 Å². The molecule has 31 heavy (non-hydrogen) atoms. The number of anilines is 1. The molecule has 0 aliphatic heterocycles. The molecule has 1 aliphatic rings. The van der Waals surface area contributed by atoms with Crippen molar-refractivity contribution >= 4 is 38.2 Å². The van der Waals surface area contributed by atoms with E-state index in [-0.39, 0.29) is 16.5 Å². The SMILES string of the molecule is CNS(=O)(=O)c1cc(F)c(Cl)c(CNc2c3c(nc4ccc(OC)cc24)CCCC3)c1. The maximum Gasteiger partial charge on any atom is 0.240 e. The lowest BCUT2D eigenvalue weighted by Crippen LogP contribution is -2.19. The predicted octanol–water partition coefficient (Wildman–Crippen LogP) is 4.43. The minimum atomic E-state index is -3.80. The van der Waals surface area contributed by atoms with E-state index in [9.17, 15) is 12.8 Å². The van der Waals surface area contributed by atoms with E-state index in [2.05, 4.69) is 10.0 Å². The van der Waals surface area contributed by atoms with E-state index in [1.807, 2.05) is 18.2 Å². The van der Waals surface area contributed by atoms with Crippen LogP contribution in [0, 0.1) is 5.82 Å². The first-order chi connectivity index (χ1) is 14.8. The standard InChI is InChI=1S/C22H23ClFN3O3S/c1-25-31(28,29)15-9-13(21(23)18(24)11-15)12-26-22-16-5-3-4-6-19(16)27-20-8-7-14(30-2)10-17(20)22/h7-11,25H,3-6,12H2,1-2H3,(H,26,27). The van der Waals surface area contributed by atoms with Crippen LogP contribution in [0.15, 0.2) is 35.2 Å². The van der Waals surface area contributed by atoms with Crippen molar-refractivity contribution in [2.24, 2.45) is 0 Å². The van der Waals surface area contributed by atoms with Gasteiger partial charge in [0, 0.05) is 23.3 Å². The highest BCUT2D eigenvalue weighted by molar-refractivity contribution is 7.89. The Kier molecular flexibility index (Phi) is 6.05.